The second-order valence-corrected chi connectivity index (χ2v) is 13.3. The van der Waals surface area contributed by atoms with Crippen molar-refractivity contribution in [1.29, 1.82) is 0 Å². The van der Waals surface area contributed by atoms with Crippen molar-refractivity contribution in [3.8, 4) is 22.3 Å². The topological polar surface area (TPSA) is 122 Å². The van der Waals surface area contributed by atoms with Crippen LogP contribution in [0, 0.1) is 11.6 Å². The Bertz CT molecular complexity index is 1700. The molecule has 250 valence electrons. The Morgan fingerprint density at radius 3 is 1.89 bits per heavy atom. The quantitative estimate of drug-likeness (QED) is 0.131. The molecule has 3 aromatic carbocycles. The van der Waals surface area contributed by atoms with Crippen LogP contribution in [-0.4, -0.2) is 53.4 Å². The zero-order valence-corrected chi connectivity index (χ0v) is 27.6. The smallest absolute Gasteiger partial charge is 0.407 e. The average Bonchev–Trinajstić information content (AvgIpc) is 3.35. The molecule has 4 N–H and O–H groups in total. The van der Waals surface area contributed by atoms with Crippen LogP contribution in [0.1, 0.15) is 64.9 Å². The average molecular weight is 649 g/mol. The number of nitrogens with one attached hydrogen (secondary N) is 4. The van der Waals surface area contributed by atoms with Crippen molar-refractivity contribution in [2.75, 3.05) is 13.1 Å². The number of benzene rings is 3. The fourth-order valence-corrected chi connectivity index (χ4v) is 4.96. The van der Waals surface area contributed by atoms with Gasteiger partial charge in [-0.25, -0.2) is 18.4 Å². The molecule has 47 heavy (non-hydrogen) atoms. The van der Waals surface area contributed by atoms with E-state index >= 15 is 0 Å². The summed E-state index contributed by atoms with van der Waals surface area (Å²) in [6.07, 6.45) is -0.289. The number of halogens is 2. The molecule has 0 radical (unpaired) electrons. The minimum absolute atomic E-state index is 0.0591. The lowest BCUT2D eigenvalue weighted by atomic mass is 9.99. The standard InChI is InChI=1S/C36H42F2N4O5/c1-35(2,3)46-33(44)39-19-7-8-27(41-34(45)47-36(4,5)6)21-40-32(43)31-30(23-11-16-26(38)17-12-23)28-18-13-24(20-29(28)42-31)22-9-14-25(37)15-10-22/h9-18,20,27,42H,7-8,19,21H2,1-6H3,(H,39,44)(H,40,43)(H,41,45)/t27-/m1/s1. The highest BCUT2D eigenvalue weighted by molar-refractivity contribution is 6.10. The second kappa shape index (κ2) is 14.7. The third-order valence-electron chi connectivity index (χ3n) is 6.96. The molecule has 0 saturated heterocycles. The lowest BCUT2D eigenvalue weighted by molar-refractivity contribution is 0.0487. The lowest BCUT2D eigenvalue weighted by Gasteiger charge is -2.24. The summed E-state index contributed by atoms with van der Waals surface area (Å²) in [6.45, 7) is 10.9. The number of aromatic nitrogens is 1. The van der Waals surface area contributed by atoms with Crippen LogP contribution in [0.4, 0.5) is 18.4 Å². The van der Waals surface area contributed by atoms with E-state index in [0.717, 1.165) is 16.5 Å². The number of hydrogen-bond acceptors (Lipinski definition) is 5. The van der Waals surface area contributed by atoms with Crippen molar-refractivity contribution < 1.29 is 32.6 Å². The second-order valence-electron chi connectivity index (χ2n) is 13.3. The molecule has 4 aromatic rings. The Labute approximate surface area is 273 Å². The Balaban J connectivity index is 1.56. The van der Waals surface area contributed by atoms with E-state index in [1.807, 2.05) is 18.2 Å². The number of carbonyl (C=O) groups is 3. The number of carbonyl (C=O) groups excluding carboxylic acids is 3. The van der Waals surface area contributed by atoms with Gasteiger partial charge in [-0.1, -0.05) is 36.4 Å². The Kier molecular flexibility index (Phi) is 10.9. The molecule has 4 rings (SSSR count). The van der Waals surface area contributed by atoms with Gasteiger partial charge >= 0.3 is 12.2 Å². The Hall–Kier alpha value is -4.93. The van der Waals surface area contributed by atoms with E-state index < -0.39 is 41.2 Å². The SMILES string of the molecule is CC(C)(C)OC(=O)NCCC[C@H](CNC(=O)c1[nH]c2cc(-c3ccc(F)cc3)ccc2c1-c1ccc(F)cc1)NC(=O)OC(C)(C)C. The van der Waals surface area contributed by atoms with Gasteiger partial charge in [0, 0.05) is 35.6 Å². The van der Waals surface area contributed by atoms with Crippen LogP contribution in [-0.2, 0) is 9.47 Å². The highest BCUT2D eigenvalue weighted by atomic mass is 19.1. The molecule has 0 aliphatic rings. The van der Waals surface area contributed by atoms with Gasteiger partial charge < -0.3 is 30.4 Å². The molecule has 9 nitrogen and oxygen atoms in total. The summed E-state index contributed by atoms with van der Waals surface area (Å²) in [5.41, 5.74) is 2.39. The molecule has 0 saturated carbocycles. The van der Waals surface area contributed by atoms with Gasteiger partial charge in [-0.3, -0.25) is 4.79 Å². The van der Waals surface area contributed by atoms with Gasteiger partial charge in [0.2, 0.25) is 0 Å². The number of ether oxygens (including phenoxy) is 2. The minimum Gasteiger partial charge on any atom is -0.444 e. The van der Waals surface area contributed by atoms with Crippen LogP contribution in [0.15, 0.2) is 66.7 Å². The van der Waals surface area contributed by atoms with E-state index in [2.05, 4.69) is 20.9 Å². The van der Waals surface area contributed by atoms with Crippen LogP contribution >= 0.6 is 0 Å². The maximum atomic E-state index is 13.8. The Morgan fingerprint density at radius 1 is 0.745 bits per heavy atom. The molecular weight excluding hydrogens is 606 g/mol. The molecule has 0 fully saturated rings. The fourth-order valence-electron chi connectivity index (χ4n) is 4.96. The monoisotopic (exact) mass is 648 g/mol. The summed E-state index contributed by atoms with van der Waals surface area (Å²) in [7, 11) is 0. The van der Waals surface area contributed by atoms with Gasteiger partial charge in [0.15, 0.2) is 0 Å². The largest absolute Gasteiger partial charge is 0.444 e. The number of hydrogen-bond donors (Lipinski definition) is 4. The molecule has 0 bridgehead atoms. The van der Waals surface area contributed by atoms with Gasteiger partial charge in [-0.15, -0.1) is 0 Å². The van der Waals surface area contributed by atoms with E-state index in [1.54, 1.807) is 65.8 Å². The molecule has 0 aliphatic carbocycles. The minimum atomic E-state index is -0.725. The van der Waals surface area contributed by atoms with E-state index in [9.17, 15) is 23.2 Å². The predicted octanol–water partition coefficient (Wildman–Crippen LogP) is 7.71. The summed E-state index contributed by atoms with van der Waals surface area (Å²) in [6, 6.07) is 17.1. The summed E-state index contributed by atoms with van der Waals surface area (Å²) < 4.78 is 38.1. The van der Waals surface area contributed by atoms with Gasteiger partial charge in [0.1, 0.15) is 28.5 Å². The van der Waals surface area contributed by atoms with Gasteiger partial charge in [-0.2, -0.15) is 0 Å². The molecule has 0 spiro atoms. The highest BCUT2D eigenvalue weighted by Gasteiger charge is 2.23. The van der Waals surface area contributed by atoms with Crippen molar-refractivity contribution in [1.82, 2.24) is 20.9 Å². The van der Waals surface area contributed by atoms with E-state index in [0.29, 0.717) is 36.0 Å². The summed E-state index contributed by atoms with van der Waals surface area (Å²) in [5.74, 6) is -1.19. The van der Waals surface area contributed by atoms with Crippen molar-refractivity contribution in [2.24, 2.45) is 0 Å². The third kappa shape index (κ3) is 10.3. The van der Waals surface area contributed by atoms with Crippen molar-refractivity contribution in [2.45, 2.75) is 71.6 Å². The van der Waals surface area contributed by atoms with Gasteiger partial charge in [-0.05, 0) is 101 Å². The van der Waals surface area contributed by atoms with Crippen LogP contribution < -0.4 is 16.0 Å². The van der Waals surface area contributed by atoms with Crippen LogP contribution in [0.25, 0.3) is 33.2 Å². The maximum Gasteiger partial charge on any atom is 0.407 e. The fraction of sp³-hybridized carbons (Fsp3) is 0.361. The number of aromatic amines is 1. The van der Waals surface area contributed by atoms with E-state index in [-0.39, 0.29) is 18.1 Å². The number of amides is 3. The van der Waals surface area contributed by atoms with Crippen LogP contribution in [0.2, 0.25) is 0 Å². The molecule has 0 unspecified atom stereocenters. The van der Waals surface area contributed by atoms with E-state index in [4.69, 9.17) is 9.47 Å². The van der Waals surface area contributed by atoms with Crippen molar-refractivity contribution >= 4 is 29.0 Å². The molecule has 1 aromatic heterocycles. The number of H-pyrrole nitrogens is 1. The first-order chi connectivity index (χ1) is 22.1. The zero-order chi connectivity index (χ0) is 34.4. The highest BCUT2D eigenvalue weighted by Crippen LogP contribution is 2.35. The van der Waals surface area contributed by atoms with Gasteiger partial charge in [0.25, 0.3) is 5.91 Å². The zero-order valence-electron chi connectivity index (χ0n) is 27.6. The molecule has 1 atom stereocenters. The van der Waals surface area contributed by atoms with Crippen LogP contribution in [0.3, 0.4) is 0 Å². The molecule has 11 heteroatoms. The van der Waals surface area contributed by atoms with E-state index in [1.165, 1.54) is 24.3 Å². The summed E-state index contributed by atoms with van der Waals surface area (Å²) in [4.78, 5) is 41.7. The predicted molar refractivity (Wildman–Crippen MR) is 178 cm³/mol. The number of alkyl carbamates (subject to hydrolysis) is 2. The molecule has 1 heterocycles. The first-order valence-corrected chi connectivity index (χ1v) is 15.5. The molecular formula is C36H42F2N4O5. The molecule has 3 amide bonds. The van der Waals surface area contributed by atoms with Crippen LogP contribution in [0.5, 0.6) is 0 Å². The van der Waals surface area contributed by atoms with Gasteiger partial charge in [0.05, 0.1) is 0 Å². The van der Waals surface area contributed by atoms with Crippen molar-refractivity contribution in [3.63, 3.8) is 0 Å². The first kappa shape index (κ1) is 34.9. The summed E-state index contributed by atoms with van der Waals surface area (Å²) in [5, 5.41) is 9.17. The number of fused-ring (bicyclic) bond motifs is 1. The normalized spacial score (nSPS) is 12.3. The Morgan fingerprint density at radius 2 is 1.30 bits per heavy atom. The lowest BCUT2D eigenvalue weighted by Crippen LogP contribution is -2.46. The van der Waals surface area contributed by atoms with Crippen molar-refractivity contribution in [3.05, 3.63) is 84.1 Å². The number of rotatable bonds is 10. The third-order valence-corrected chi connectivity index (χ3v) is 6.96. The maximum absolute atomic E-state index is 13.8. The first-order valence-electron chi connectivity index (χ1n) is 15.5. The molecule has 0 aliphatic heterocycles. The summed E-state index contributed by atoms with van der Waals surface area (Å²) >= 11 is 0.